The van der Waals surface area contributed by atoms with Crippen LogP contribution in [0.15, 0.2) is 9.59 Å². The lowest BCUT2D eigenvalue weighted by molar-refractivity contribution is -0.342. The molecule has 8 N–H and O–H groups in total. The van der Waals surface area contributed by atoms with E-state index in [-0.39, 0.29) is 0 Å². The zero-order chi connectivity index (χ0) is 24.8. The maximum atomic E-state index is 12.6. The third kappa shape index (κ3) is 4.32. The quantitative estimate of drug-likeness (QED) is 0.196. The van der Waals surface area contributed by atoms with Crippen molar-refractivity contribution in [2.24, 2.45) is 14.1 Å². The van der Waals surface area contributed by atoms with E-state index in [2.05, 4.69) is 0 Å². The number of aliphatic hydroxyl groups is 7. The molecule has 10 atom stereocenters. The summed E-state index contributed by atoms with van der Waals surface area (Å²) in [6.45, 7) is -1.56. The van der Waals surface area contributed by atoms with Crippen molar-refractivity contribution in [3.05, 3.63) is 26.4 Å². The lowest BCUT2D eigenvalue weighted by atomic mass is 9.91. The molecule has 0 saturated carbocycles. The summed E-state index contributed by atoms with van der Waals surface area (Å²) < 4.78 is 17.6. The molecule has 33 heavy (non-hydrogen) atoms. The van der Waals surface area contributed by atoms with Crippen LogP contribution in [0.25, 0.3) is 0 Å². The third-order valence-corrected chi connectivity index (χ3v) is 5.96. The van der Waals surface area contributed by atoms with Crippen molar-refractivity contribution in [2.45, 2.75) is 61.2 Å². The first kappa shape index (κ1) is 25.7. The van der Waals surface area contributed by atoms with Gasteiger partial charge in [-0.1, -0.05) is 0 Å². The van der Waals surface area contributed by atoms with Crippen molar-refractivity contribution in [2.75, 3.05) is 13.2 Å². The molecule has 0 amide bonds. The van der Waals surface area contributed by atoms with Crippen molar-refractivity contribution in [3.63, 3.8) is 0 Å². The molecule has 2 aliphatic rings. The van der Waals surface area contributed by atoms with Gasteiger partial charge in [0, 0.05) is 14.1 Å². The third-order valence-electron chi connectivity index (χ3n) is 5.96. The first-order valence-corrected chi connectivity index (χ1v) is 10.0. The zero-order valence-electron chi connectivity index (χ0n) is 17.7. The first-order valence-electron chi connectivity index (χ1n) is 10.0. The van der Waals surface area contributed by atoms with E-state index in [9.17, 15) is 50.4 Å². The number of hydrogen-bond acceptors (Lipinski definition) is 13. The Bertz CT molecular complexity index is 960. The Kier molecular flexibility index (Phi) is 7.59. The van der Waals surface area contributed by atoms with Gasteiger partial charge in [-0.05, 0) is 0 Å². The molecule has 1 aromatic rings. The van der Waals surface area contributed by atoms with Gasteiger partial charge >= 0.3 is 5.69 Å². The van der Waals surface area contributed by atoms with Crippen LogP contribution in [0, 0.1) is 0 Å². The van der Waals surface area contributed by atoms with Gasteiger partial charge in [0.15, 0.2) is 6.29 Å². The average molecular weight is 480 g/mol. The van der Waals surface area contributed by atoms with Gasteiger partial charge in [-0.2, -0.15) is 0 Å². The van der Waals surface area contributed by atoms with E-state index in [0.717, 1.165) is 11.6 Å². The Morgan fingerprint density at radius 2 is 1.42 bits per heavy atom. The average Bonchev–Trinajstić information content (AvgIpc) is 2.80. The zero-order valence-corrected chi connectivity index (χ0v) is 17.7. The highest BCUT2D eigenvalue weighted by Crippen LogP contribution is 2.36. The molecule has 0 aromatic carbocycles. The number of ether oxygens (including phenoxy) is 3. The topological polar surface area (TPSA) is 234 Å². The summed E-state index contributed by atoms with van der Waals surface area (Å²) in [5.41, 5.74) is -2.40. The maximum absolute atomic E-state index is 12.6. The Hall–Kier alpha value is -1.92. The summed E-state index contributed by atoms with van der Waals surface area (Å²) in [7, 11) is 2.30. The van der Waals surface area contributed by atoms with Crippen LogP contribution in [0.2, 0.25) is 0 Å². The van der Waals surface area contributed by atoms with Crippen LogP contribution in [-0.4, -0.2) is 118 Å². The molecule has 0 unspecified atom stereocenters. The largest absolute Gasteiger partial charge is 0.494 e. The first-order chi connectivity index (χ1) is 15.5. The van der Waals surface area contributed by atoms with E-state index < -0.39 is 97.1 Å². The highest BCUT2D eigenvalue weighted by Gasteiger charge is 2.51. The Labute approximate surface area is 185 Å². The fourth-order valence-electron chi connectivity index (χ4n) is 3.94. The van der Waals surface area contributed by atoms with E-state index in [1.165, 1.54) is 7.05 Å². The van der Waals surface area contributed by atoms with Crippen LogP contribution < -0.4 is 11.2 Å². The fourth-order valence-corrected chi connectivity index (χ4v) is 3.94. The molecule has 2 aliphatic heterocycles. The van der Waals surface area contributed by atoms with Gasteiger partial charge in [-0.3, -0.25) is 13.9 Å². The maximum Gasteiger partial charge on any atom is 0.333 e. The van der Waals surface area contributed by atoms with Crippen LogP contribution in [0.1, 0.15) is 11.7 Å². The van der Waals surface area contributed by atoms with E-state index >= 15 is 0 Å². The molecule has 0 spiro atoms. The van der Waals surface area contributed by atoms with Crippen LogP contribution in [0.5, 0.6) is 5.88 Å². The second-order valence-corrected chi connectivity index (χ2v) is 8.00. The summed E-state index contributed by atoms with van der Waals surface area (Å²) in [4.78, 5) is 24.6. The molecule has 0 bridgehead atoms. The SMILES string of the molecule is Cn1c(O)c([C@@H]2O[C@H](CO)[C@@H](O[C@H]3O[C@H](CO)[C@@H](O)[C@H](O)[C@H]3O)[C@H](O)[C@H]2O)c(=O)n(C)c1=O. The smallest absolute Gasteiger partial charge is 0.333 e. The molecule has 2 fully saturated rings. The van der Waals surface area contributed by atoms with Gasteiger partial charge in [0.2, 0.25) is 5.88 Å². The van der Waals surface area contributed by atoms with Gasteiger partial charge in [-0.25, -0.2) is 4.79 Å². The van der Waals surface area contributed by atoms with E-state index in [1.54, 1.807) is 0 Å². The summed E-state index contributed by atoms with van der Waals surface area (Å²) in [5, 5.41) is 80.7. The predicted molar refractivity (Wildman–Crippen MR) is 104 cm³/mol. The van der Waals surface area contributed by atoms with E-state index in [4.69, 9.17) is 14.2 Å². The van der Waals surface area contributed by atoms with Gasteiger partial charge in [-0.15, -0.1) is 0 Å². The molecule has 0 aliphatic carbocycles. The van der Waals surface area contributed by atoms with Crippen LogP contribution in [-0.2, 0) is 28.3 Å². The molecule has 3 rings (SSSR count). The highest BCUT2D eigenvalue weighted by atomic mass is 16.7. The minimum atomic E-state index is -1.92. The number of nitrogens with zero attached hydrogens (tertiary/aromatic N) is 2. The molecular weight excluding hydrogens is 452 g/mol. The number of aliphatic hydroxyl groups excluding tert-OH is 7. The number of rotatable bonds is 5. The van der Waals surface area contributed by atoms with Crippen molar-refractivity contribution in [3.8, 4) is 5.88 Å². The lowest BCUT2D eigenvalue weighted by Gasteiger charge is -2.46. The molecule has 3 heterocycles. The van der Waals surface area contributed by atoms with Gasteiger partial charge < -0.3 is 55.1 Å². The van der Waals surface area contributed by atoms with Crippen LogP contribution in [0.3, 0.4) is 0 Å². The summed E-state index contributed by atoms with van der Waals surface area (Å²) in [5.74, 6) is -0.815. The minimum Gasteiger partial charge on any atom is -0.494 e. The van der Waals surface area contributed by atoms with Crippen molar-refractivity contribution >= 4 is 0 Å². The monoisotopic (exact) mass is 480 g/mol. The normalized spacial score (nSPS) is 39.5. The second kappa shape index (κ2) is 9.75. The fraction of sp³-hybridized carbons (Fsp3) is 0.778. The summed E-state index contributed by atoms with van der Waals surface area (Å²) in [6, 6.07) is 0. The summed E-state index contributed by atoms with van der Waals surface area (Å²) >= 11 is 0. The van der Waals surface area contributed by atoms with Crippen molar-refractivity contribution in [1.29, 1.82) is 0 Å². The van der Waals surface area contributed by atoms with Crippen molar-refractivity contribution < 1.29 is 55.1 Å². The van der Waals surface area contributed by atoms with E-state index in [0.29, 0.717) is 4.57 Å². The van der Waals surface area contributed by atoms with Gasteiger partial charge in [0.05, 0.1) is 13.2 Å². The summed E-state index contributed by atoms with van der Waals surface area (Å²) in [6.07, 6.45) is -16.8. The van der Waals surface area contributed by atoms with E-state index in [1.807, 2.05) is 0 Å². The highest BCUT2D eigenvalue weighted by molar-refractivity contribution is 5.28. The predicted octanol–water partition coefficient (Wildman–Crippen LogP) is -5.87. The van der Waals surface area contributed by atoms with Crippen molar-refractivity contribution in [1.82, 2.24) is 9.13 Å². The molecule has 15 heteroatoms. The second-order valence-electron chi connectivity index (χ2n) is 8.00. The minimum absolute atomic E-state index is 0.545. The Morgan fingerprint density at radius 3 is 2.00 bits per heavy atom. The number of hydrogen-bond donors (Lipinski definition) is 8. The number of aromatic hydroxyl groups is 1. The molecular formula is C18H28N2O13. The molecule has 188 valence electrons. The Balaban J connectivity index is 1.91. The molecule has 0 radical (unpaired) electrons. The molecule has 2 saturated heterocycles. The molecule has 15 nitrogen and oxygen atoms in total. The number of aromatic nitrogens is 2. The standard InChI is InChI=1S/C18H28N2O13/c1-19-15(28)7(16(29)20(2)18(19)30)14-11(26)10(25)13(6(4-22)31-14)33-17-12(27)9(24)8(23)5(3-21)32-17/h5-6,8-14,17,21-28H,3-4H2,1-2H3/t5-,6-,8-,9+,10-,11-,12-,13-,14+,17-/m1/s1. The Morgan fingerprint density at radius 1 is 0.818 bits per heavy atom. The van der Waals surface area contributed by atoms with Crippen LogP contribution in [0.4, 0.5) is 0 Å². The lowest BCUT2D eigenvalue weighted by Crippen LogP contribution is -2.63. The van der Waals surface area contributed by atoms with Gasteiger partial charge in [0.1, 0.15) is 60.5 Å². The van der Waals surface area contributed by atoms with Gasteiger partial charge in [0.25, 0.3) is 5.56 Å². The molecule has 1 aromatic heterocycles. The van der Waals surface area contributed by atoms with Crippen LogP contribution >= 0.6 is 0 Å².